The largest absolute Gasteiger partial charge is 0.347 e. The average molecular weight is 368 g/mol. The van der Waals surface area contributed by atoms with Crippen molar-refractivity contribution < 1.29 is 4.79 Å². The summed E-state index contributed by atoms with van der Waals surface area (Å²) < 4.78 is 1.86. The van der Waals surface area contributed by atoms with Crippen molar-refractivity contribution in [2.45, 2.75) is 50.9 Å². The number of hydrogen-bond acceptors (Lipinski definition) is 5. The van der Waals surface area contributed by atoms with Gasteiger partial charge in [0.2, 0.25) is 0 Å². The first kappa shape index (κ1) is 18.1. The van der Waals surface area contributed by atoms with Crippen LogP contribution in [0.4, 0.5) is 0 Å². The molecule has 2 aliphatic heterocycles. The summed E-state index contributed by atoms with van der Waals surface area (Å²) in [5.74, 6) is -0.117. The highest BCUT2D eigenvalue weighted by atomic mass is 16.2. The van der Waals surface area contributed by atoms with Crippen LogP contribution in [0.5, 0.6) is 0 Å². The molecular weight excluding hydrogens is 340 g/mol. The first-order valence-electron chi connectivity index (χ1n) is 9.90. The van der Waals surface area contributed by atoms with Gasteiger partial charge in [-0.05, 0) is 44.8 Å². The SMILES string of the molecule is CC1CC(NC(=O)c2cn(C3CCNCC3)nn2)CN1Cc1ccccc1. The molecule has 144 valence electrons. The standard InChI is InChI=1S/C20H28N6O/c1-15-11-17(13-25(15)12-16-5-3-2-4-6-16)22-20(27)19-14-26(24-23-19)18-7-9-21-10-8-18/h2-6,14-15,17-18,21H,7-13H2,1H3,(H,22,27). The highest BCUT2D eigenvalue weighted by Crippen LogP contribution is 2.21. The fourth-order valence-corrected chi connectivity index (χ4v) is 4.13. The van der Waals surface area contributed by atoms with Gasteiger partial charge >= 0.3 is 0 Å². The van der Waals surface area contributed by atoms with Crippen LogP contribution in [0, 0.1) is 0 Å². The van der Waals surface area contributed by atoms with E-state index < -0.39 is 0 Å². The van der Waals surface area contributed by atoms with Crippen molar-refractivity contribution in [1.29, 1.82) is 0 Å². The third-order valence-corrected chi connectivity index (χ3v) is 5.69. The monoisotopic (exact) mass is 368 g/mol. The molecule has 27 heavy (non-hydrogen) atoms. The van der Waals surface area contributed by atoms with Crippen molar-refractivity contribution in [3.63, 3.8) is 0 Å². The maximum Gasteiger partial charge on any atom is 0.273 e. The number of carbonyl (C=O) groups excluding carboxylic acids is 1. The van der Waals surface area contributed by atoms with E-state index in [-0.39, 0.29) is 11.9 Å². The Hall–Kier alpha value is -2.25. The molecule has 2 aliphatic rings. The fraction of sp³-hybridized carbons (Fsp3) is 0.550. The molecule has 2 saturated heterocycles. The summed E-state index contributed by atoms with van der Waals surface area (Å²) in [6, 6.07) is 11.4. The lowest BCUT2D eigenvalue weighted by Crippen LogP contribution is -2.37. The first-order valence-corrected chi connectivity index (χ1v) is 9.90. The average Bonchev–Trinajstić information content (AvgIpc) is 3.31. The number of piperidine rings is 1. The summed E-state index contributed by atoms with van der Waals surface area (Å²) in [7, 11) is 0. The minimum atomic E-state index is -0.117. The molecule has 2 N–H and O–H groups in total. The van der Waals surface area contributed by atoms with E-state index in [0.717, 1.165) is 45.4 Å². The Morgan fingerprint density at radius 1 is 1.26 bits per heavy atom. The number of carbonyl (C=O) groups is 1. The van der Waals surface area contributed by atoms with Gasteiger partial charge in [0.1, 0.15) is 0 Å². The number of benzene rings is 1. The predicted molar refractivity (Wildman–Crippen MR) is 103 cm³/mol. The smallest absolute Gasteiger partial charge is 0.273 e. The molecule has 2 unspecified atom stereocenters. The highest BCUT2D eigenvalue weighted by Gasteiger charge is 2.30. The van der Waals surface area contributed by atoms with Crippen LogP contribution in [0.15, 0.2) is 36.5 Å². The van der Waals surface area contributed by atoms with Gasteiger partial charge in [-0.25, -0.2) is 4.68 Å². The number of nitrogens with one attached hydrogen (secondary N) is 2. The molecule has 2 aromatic rings. The van der Waals surface area contributed by atoms with E-state index in [0.29, 0.717) is 17.8 Å². The van der Waals surface area contributed by atoms with Gasteiger partial charge in [0.05, 0.1) is 12.2 Å². The molecule has 2 fully saturated rings. The van der Waals surface area contributed by atoms with Crippen LogP contribution in [0.1, 0.15) is 48.3 Å². The van der Waals surface area contributed by atoms with Gasteiger partial charge < -0.3 is 10.6 Å². The van der Waals surface area contributed by atoms with Crippen LogP contribution in [-0.2, 0) is 6.54 Å². The molecule has 4 rings (SSSR count). The van der Waals surface area contributed by atoms with Gasteiger partial charge in [0.25, 0.3) is 5.91 Å². The minimum absolute atomic E-state index is 0.117. The number of nitrogens with zero attached hydrogens (tertiary/aromatic N) is 4. The number of hydrogen-bond donors (Lipinski definition) is 2. The molecule has 1 amide bonds. The van der Waals surface area contributed by atoms with Crippen molar-refractivity contribution >= 4 is 5.91 Å². The van der Waals surface area contributed by atoms with Crippen LogP contribution in [0.3, 0.4) is 0 Å². The van der Waals surface area contributed by atoms with Crippen molar-refractivity contribution in [1.82, 2.24) is 30.5 Å². The van der Waals surface area contributed by atoms with E-state index in [1.165, 1.54) is 5.56 Å². The number of rotatable bonds is 5. The van der Waals surface area contributed by atoms with Gasteiger partial charge in [-0.2, -0.15) is 0 Å². The Labute approximate surface area is 160 Å². The van der Waals surface area contributed by atoms with E-state index in [2.05, 4.69) is 57.0 Å². The molecule has 0 saturated carbocycles. The zero-order chi connectivity index (χ0) is 18.6. The lowest BCUT2D eigenvalue weighted by molar-refractivity contribution is 0.0932. The molecular formula is C20H28N6O. The lowest BCUT2D eigenvalue weighted by Gasteiger charge is -2.22. The molecule has 0 bridgehead atoms. The molecule has 3 heterocycles. The van der Waals surface area contributed by atoms with Crippen molar-refractivity contribution in [3.8, 4) is 0 Å². The Morgan fingerprint density at radius 2 is 2.04 bits per heavy atom. The molecule has 2 atom stereocenters. The van der Waals surface area contributed by atoms with Gasteiger partial charge in [-0.15, -0.1) is 5.10 Å². The second-order valence-electron chi connectivity index (χ2n) is 7.74. The van der Waals surface area contributed by atoms with Gasteiger partial charge in [-0.3, -0.25) is 9.69 Å². The lowest BCUT2D eigenvalue weighted by atomic mass is 10.1. The summed E-state index contributed by atoms with van der Waals surface area (Å²) in [5.41, 5.74) is 1.73. The van der Waals surface area contributed by atoms with Crippen LogP contribution in [-0.4, -0.2) is 57.5 Å². The highest BCUT2D eigenvalue weighted by molar-refractivity contribution is 5.92. The van der Waals surface area contributed by atoms with E-state index >= 15 is 0 Å². The normalized spacial score (nSPS) is 24.2. The van der Waals surface area contributed by atoms with Crippen molar-refractivity contribution in [3.05, 3.63) is 47.8 Å². The van der Waals surface area contributed by atoms with Crippen molar-refractivity contribution in [2.24, 2.45) is 0 Å². The minimum Gasteiger partial charge on any atom is -0.347 e. The topological polar surface area (TPSA) is 75.1 Å². The van der Waals surface area contributed by atoms with E-state index in [9.17, 15) is 4.79 Å². The van der Waals surface area contributed by atoms with Crippen LogP contribution in [0.2, 0.25) is 0 Å². The Balaban J connectivity index is 1.32. The molecule has 0 aliphatic carbocycles. The second kappa shape index (κ2) is 8.19. The molecule has 1 aromatic carbocycles. The van der Waals surface area contributed by atoms with Crippen LogP contribution in [0.25, 0.3) is 0 Å². The predicted octanol–water partition coefficient (Wildman–Crippen LogP) is 1.60. The summed E-state index contributed by atoms with van der Waals surface area (Å²) >= 11 is 0. The molecule has 1 aromatic heterocycles. The Bertz CT molecular complexity index is 755. The summed E-state index contributed by atoms with van der Waals surface area (Å²) in [4.78, 5) is 15.0. The first-order chi connectivity index (χ1) is 13.2. The van der Waals surface area contributed by atoms with Gasteiger partial charge in [0.15, 0.2) is 5.69 Å². The summed E-state index contributed by atoms with van der Waals surface area (Å²) in [6.45, 7) is 5.99. The van der Waals surface area contributed by atoms with Crippen molar-refractivity contribution in [2.75, 3.05) is 19.6 Å². The molecule has 7 heteroatoms. The quantitative estimate of drug-likeness (QED) is 0.838. The van der Waals surface area contributed by atoms with E-state index in [1.54, 1.807) is 6.20 Å². The fourth-order valence-electron chi connectivity index (χ4n) is 4.13. The van der Waals surface area contributed by atoms with Crippen LogP contribution < -0.4 is 10.6 Å². The molecule has 0 radical (unpaired) electrons. The molecule has 0 spiro atoms. The maximum absolute atomic E-state index is 12.6. The van der Waals surface area contributed by atoms with E-state index in [1.807, 2.05) is 10.7 Å². The van der Waals surface area contributed by atoms with E-state index in [4.69, 9.17) is 0 Å². The Kier molecular flexibility index (Phi) is 5.50. The maximum atomic E-state index is 12.6. The number of likely N-dealkylation sites (tertiary alicyclic amines) is 1. The van der Waals surface area contributed by atoms with Crippen LogP contribution >= 0.6 is 0 Å². The molecule has 7 nitrogen and oxygen atoms in total. The zero-order valence-corrected chi connectivity index (χ0v) is 15.8. The third-order valence-electron chi connectivity index (χ3n) is 5.69. The van der Waals surface area contributed by atoms with Gasteiger partial charge in [-0.1, -0.05) is 35.5 Å². The Morgan fingerprint density at radius 3 is 2.81 bits per heavy atom. The third kappa shape index (κ3) is 4.36. The summed E-state index contributed by atoms with van der Waals surface area (Å²) in [5, 5.41) is 14.8. The summed E-state index contributed by atoms with van der Waals surface area (Å²) in [6.07, 6.45) is 4.81. The van der Waals surface area contributed by atoms with Gasteiger partial charge in [0, 0.05) is 25.2 Å². The second-order valence-corrected chi connectivity index (χ2v) is 7.74. The number of amides is 1. The zero-order valence-electron chi connectivity index (χ0n) is 15.8. The number of aromatic nitrogens is 3.